The fraction of sp³-hybridized carbons (Fsp3) is 0.152. The number of alkyl halides is 6. The Labute approximate surface area is 366 Å². The van der Waals surface area contributed by atoms with Gasteiger partial charge in [0.2, 0.25) is 0 Å². The van der Waals surface area contributed by atoms with Crippen molar-refractivity contribution in [2.24, 2.45) is 0 Å². The summed E-state index contributed by atoms with van der Waals surface area (Å²) in [4.78, 5) is 0. The van der Waals surface area contributed by atoms with Crippen LogP contribution in [0.2, 0.25) is 40.2 Å². The monoisotopic (exact) mass is 1170 g/mol. The Kier molecular flexibility index (Phi) is 20.3. The summed E-state index contributed by atoms with van der Waals surface area (Å²) < 4.78 is 0.106. The van der Waals surface area contributed by atoms with Crippen molar-refractivity contribution in [2.75, 3.05) is 0 Å². The molecule has 0 heterocycles. The maximum absolute atomic E-state index is 6.06. The van der Waals surface area contributed by atoms with Gasteiger partial charge in [0.15, 0.2) is 0 Å². The number of benzene rings is 4. The maximum atomic E-state index is 6.06. The molecule has 0 radical (unpaired) electrons. The first kappa shape index (κ1) is 44.7. The predicted octanol–water partition coefficient (Wildman–Crippen LogP) is 18.9. The average molecular weight is 1180 g/mol. The van der Waals surface area contributed by atoms with E-state index in [0.29, 0.717) is 40.2 Å². The standard InChI is InChI=1S/C16H8Cl4.C8H4Br4Cl2.C8H6Br2Cl2.CH4/c17-13-5-9-1-2-10-6-14(18)16(20)8-12(10)4-3-11(9)7-15(13)19;9-7(10)3-1-5(13)6(14)2-4(3)8(11)12;9-3-5-1-7(11)8(12)2-6(5)4-10;/h1-8H;1-2,7-8H;1-2H,3-4H2;1H4/b2-1-,4-3-,9-1?,10-2?,11-3?,12-4?;;;. The molecule has 14 heteroatoms. The average Bonchev–Trinajstić information content (AvgIpc) is 3.00. The maximum Gasteiger partial charge on any atom is 0.0950 e. The van der Waals surface area contributed by atoms with Crippen LogP contribution in [0.4, 0.5) is 0 Å². The van der Waals surface area contributed by atoms with Gasteiger partial charge in [-0.25, -0.2) is 0 Å². The molecule has 0 N–H and O–H groups in total. The highest BCUT2D eigenvalue weighted by Crippen LogP contribution is 2.43. The molecule has 4 aromatic rings. The second kappa shape index (κ2) is 21.3. The lowest BCUT2D eigenvalue weighted by Crippen LogP contribution is -1.92. The summed E-state index contributed by atoms with van der Waals surface area (Å²) in [6, 6.07) is 14.8. The lowest BCUT2D eigenvalue weighted by Gasteiger charge is -2.13. The second-order valence-electron chi connectivity index (χ2n) is 9.26. The van der Waals surface area contributed by atoms with E-state index in [1.165, 1.54) is 11.1 Å². The SMILES string of the molecule is C.Clc1cc(C(Br)Br)c(C(Br)Br)cc1Cl.Clc1cc(CBr)c(CBr)cc1Cl.Clc1cc2c(cc1Cl)/C=C\c1cc(Cl)c(Cl)cc1/C=C\2. The van der Waals surface area contributed by atoms with Crippen LogP contribution < -0.4 is 0 Å². The minimum absolute atomic E-state index is 0. The Hall–Kier alpha value is 1.56. The smallest absolute Gasteiger partial charge is 0.0876 e. The molecule has 252 valence electrons. The summed E-state index contributed by atoms with van der Waals surface area (Å²) in [6.45, 7) is 0. The first-order valence-corrected chi connectivity index (χ1v) is 21.6. The van der Waals surface area contributed by atoms with Crippen LogP contribution in [0, 0.1) is 0 Å². The Bertz CT molecular complexity index is 1580. The number of hydrogen-bond acceptors (Lipinski definition) is 0. The first-order valence-electron chi connectivity index (χ1n) is 12.6. The van der Waals surface area contributed by atoms with E-state index in [4.69, 9.17) is 92.8 Å². The Morgan fingerprint density at radius 3 is 0.809 bits per heavy atom. The summed E-state index contributed by atoms with van der Waals surface area (Å²) in [5.74, 6) is 0. The molecule has 0 nitrogen and oxygen atoms in total. The zero-order valence-electron chi connectivity index (χ0n) is 22.8. The van der Waals surface area contributed by atoms with E-state index in [1.54, 1.807) is 0 Å². The molecule has 5 rings (SSSR count). The number of hydrogen-bond donors (Lipinski definition) is 0. The summed E-state index contributed by atoms with van der Waals surface area (Å²) in [7, 11) is 0. The van der Waals surface area contributed by atoms with Crippen molar-refractivity contribution in [3.63, 3.8) is 0 Å². The van der Waals surface area contributed by atoms with Crippen molar-refractivity contribution in [1.82, 2.24) is 0 Å². The van der Waals surface area contributed by atoms with Gasteiger partial charge in [-0.1, -0.05) is 220 Å². The highest BCUT2D eigenvalue weighted by molar-refractivity contribution is 9.24. The zero-order valence-corrected chi connectivity index (χ0v) is 38.4. The van der Waals surface area contributed by atoms with E-state index in [9.17, 15) is 0 Å². The number of rotatable bonds is 4. The molecule has 0 amide bonds. The molecule has 0 spiro atoms. The zero-order chi connectivity index (χ0) is 34.3. The molecule has 4 aromatic carbocycles. The summed E-state index contributed by atoms with van der Waals surface area (Å²) in [5.41, 5.74) is 8.44. The quantitative estimate of drug-likeness (QED) is 0.157. The molecule has 0 aromatic heterocycles. The van der Waals surface area contributed by atoms with E-state index in [2.05, 4.69) is 95.6 Å². The van der Waals surface area contributed by atoms with Crippen molar-refractivity contribution < 1.29 is 0 Å². The van der Waals surface area contributed by atoms with Gasteiger partial charge < -0.3 is 0 Å². The molecule has 1 aliphatic carbocycles. The van der Waals surface area contributed by atoms with Gasteiger partial charge in [-0.2, -0.15) is 0 Å². The molecule has 0 saturated carbocycles. The molecular formula is C33H22Br6Cl8. The minimum atomic E-state index is 0. The van der Waals surface area contributed by atoms with Crippen LogP contribution in [0.5, 0.6) is 0 Å². The van der Waals surface area contributed by atoms with Crippen LogP contribution in [-0.2, 0) is 10.7 Å². The molecule has 0 saturated heterocycles. The predicted molar refractivity (Wildman–Crippen MR) is 237 cm³/mol. The largest absolute Gasteiger partial charge is 0.0950 e. The highest BCUT2D eigenvalue weighted by Gasteiger charge is 2.16. The lowest BCUT2D eigenvalue weighted by atomic mass is 9.98. The molecule has 0 unspecified atom stereocenters. The van der Waals surface area contributed by atoms with E-state index in [0.717, 1.165) is 44.0 Å². The Balaban J connectivity index is 0.000000253. The minimum Gasteiger partial charge on any atom is -0.0876 e. The van der Waals surface area contributed by atoms with E-state index in [1.807, 2.05) is 72.8 Å². The summed E-state index contributed by atoms with van der Waals surface area (Å²) in [6.07, 6.45) is 7.96. The van der Waals surface area contributed by atoms with Crippen LogP contribution in [0.1, 0.15) is 59.4 Å². The molecule has 0 bridgehead atoms. The second-order valence-corrected chi connectivity index (χ2v) is 19.8. The van der Waals surface area contributed by atoms with Crippen LogP contribution >= 0.6 is 188 Å². The van der Waals surface area contributed by atoms with E-state index < -0.39 is 0 Å². The van der Waals surface area contributed by atoms with Crippen LogP contribution in [0.25, 0.3) is 24.3 Å². The molecular weight excluding hydrogens is 1160 g/mol. The van der Waals surface area contributed by atoms with Crippen molar-refractivity contribution in [1.29, 1.82) is 0 Å². The normalized spacial score (nSPS) is 12.8. The third-order valence-electron chi connectivity index (χ3n) is 6.26. The van der Waals surface area contributed by atoms with Gasteiger partial charge in [0.05, 0.1) is 47.7 Å². The fourth-order valence-corrected chi connectivity index (χ4v) is 7.96. The molecule has 0 aliphatic heterocycles. The van der Waals surface area contributed by atoms with Gasteiger partial charge in [-0.05, 0) is 93.0 Å². The molecule has 1 aliphatic rings. The molecule has 0 atom stereocenters. The molecule has 47 heavy (non-hydrogen) atoms. The van der Waals surface area contributed by atoms with Crippen molar-refractivity contribution in [3.8, 4) is 0 Å². The van der Waals surface area contributed by atoms with Crippen molar-refractivity contribution in [2.45, 2.75) is 25.6 Å². The van der Waals surface area contributed by atoms with Gasteiger partial charge in [-0.15, -0.1) is 0 Å². The number of halogens is 14. The summed E-state index contributed by atoms with van der Waals surface area (Å²) >= 11 is 68.3. The summed E-state index contributed by atoms with van der Waals surface area (Å²) in [5, 5.41) is 6.07. The first-order chi connectivity index (χ1) is 21.7. The van der Waals surface area contributed by atoms with Crippen LogP contribution in [-0.4, -0.2) is 0 Å². The van der Waals surface area contributed by atoms with Gasteiger partial charge in [0, 0.05) is 10.7 Å². The Morgan fingerprint density at radius 2 is 0.596 bits per heavy atom. The van der Waals surface area contributed by atoms with E-state index in [-0.39, 0.29) is 14.9 Å². The van der Waals surface area contributed by atoms with Gasteiger partial charge in [-0.3, -0.25) is 0 Å². The van der Waals surface area contributed by atoms with Gasteiger partial charge in [0.25, 0.3) is 0 Å². The third-order valence-corrected chi connectivity index (χ3v) is 12.3. The lowest BCUT2D eigenvalue weighted by molar-refractivity contribution is 1.29. The topological polar surface area (TPSA) is 0 Å². The van der Waals surface area contributed by atoms with Crippen molar-refractivity contribution in [3.05, 3.63) is 133 Å². The van der Waals surface area contributed by atoms with Crippen LogP contribution in [0.3, 0.4) is 0 Å². The number of fused-ring (bicyclic) bond motifs is 2. The van der Waals surface area contributed by atoms with Crippen molar-refractivity contribution >= 4 is 213 Å². The van der Waals surface area contributed by atoms with Gasteiger partial charge in [0.1, 0.15) is 0 Å². The molecule has 0 fully saturated rings. The van der Waals surface area contributed by atoms with Crippen LogP contribution in [0.15, 0.2) is 48.5 Å². The van der Waals surface area contributed by atoms with E-state index >= 15 is 0 Å². The highest BCUT2D eigenvalue weighted by atomic mass is 79.9. The van der Waals surface area contributed by atoms with Gasteiger partial charge >= 0.3 is 0 Å². The Morgan fingerprint density at radius 1 is 0.383 bits per heavy atom. The fourth-order valence-electron chi connectivity index (χ4n) is 3.93. The third kappa shape index (κ3) is 12.9.